The summed E-state index contributed by atoms with van der Waals surface area (Å²) in [7, 11) is 1.76. The molecule has 0 unspecified atom stereocenters. The maximum atomic E-state index is 13.8. The van der Waals surface area contributed by atoms with E-state index in [1.807, 2.05) is 6.92 Å². The molecule has 0 saturated heterocycles. The number of hydrogen-bond acceptors (Lipinski definition) is 4. The Balaban J connectivity index is 2.29. The zero-order valence-electron chi connectivity index (χ0n) is 11.7. The molecule has 0 fully saturated rings. The predicted molar refractivity (Wildman–Crippen MR) is 74.2 cm³/mol. The highest BCUT2D eigenvalue weighted by Crippen LogP contribution is 2.23. The van der Waals surface area contributed by atoms with Gasteiger partial charge in [-0.25, -0.2) is 13.8 Å². The van der Waals surface area contributed by atoms with E-state index in [2.05, 4.69) is 20.7 Å². The summed E-state index contributed by atoms with van der Waals surface area (Å²) in [5.41, 5.74) is 1.34. The van der Waals surface area contributed by atoms with Crippen molar-refractivity contribution in [2.45, 2.75) is 20.3 Å². The monoisotopic (exact) mass is 281 g/mol. The Morgan fingerprint density at radius 3 is 2.55 bits per heavy atom. The van der Waals surface area contributed by atoms with Crippen molar-refractivity contribution in [2.75, 3.05) is 17.2 Å². The summed E-state index contributed by atoms with van der Waals surface area (Å²) in [6.07, 6.45) is 2.53. The van der Waals surface area contributed by atoms with Gasteiger partial charge in [-0.05, 0) is 13.3 Å². The molecule has 0 saturated carbocycles. The molecule has 5 nitrogen and oxygen atoms in total. The van der Waals surface area contributed by atoms with Crippen LogP contribution >= 0.6 is 0 Å². The molecular formula is C13H17F2N5. The van der Waals surface area contributed by atoms with E-state index >= 15 is 0 Å². The largest absolute Gasteiger partial charge is 0.368 e. The van der Waals surface area contributed by atoms with Gasteiger partial charge in [-0.3, -0.25) is 4.68 Å². The summed E-state index contributed by atoms with van der Waals surface area (Å²) in [5, 5.41) is 9.79. The molecule has 0 aromatic carbocycles. The molecule has 0 bridgehead atoms. The molecule has 2 N–H and O–H groups in total. The molecule has 0 aliphatic carbocycles. The number of pyridine rings is 1. The first-order valence-corrected chi connectivity index (χ1v) is 6.38. The minimum Gasteiger partial charge on any atom is -0.368 e. The smallest absolute Gasteiger partial charge is 0.169 e. The van der Waals surface area contributed by atoms with E-state index in [4.69, 9.17) is 0 Å². The highest BCUT2D eigenvalue weighted by molar-refractivity contribution is 5.60. The molecule has 7 heteroatoms. The van der Waals surface area contributed by atoms with Gasteiger partial charge in [0.15, 0.2) is 23.3 Å². The Hall–Kier alpha value is -2.18. The summed E-state index contributed by atoms with van der Waals surface area (Å²) in [6.45, 7) is 4.31. The average Bonchev–Trinajstić information content (AvgIpc) is 2.69. The normalized spacial score (nSPS) is 10.7. The average molecular weight is 281 g/mol. The molecule has 2 aromatic rings. The summed E-state index contributed by atoms with van der Waals surface area (Å²) < 4.78 is 28.9. The van der Waals surface area contributed by atoms with Crippen molar-refractivity contribution in [3.05, 3.63) is 29.6 Å². The van der Waals surface area contributed by atoms with Crippen molar-refractivity contribution >= 4 is 17.3 Å². The first-order chi connectivity index (χ1) is 9.51. The van der Waals surface area contributed by atoms with Gasteiger partial charge in [-0.1, -0.05) is 6.92 Å². The minimum atomic E-state index is -0.743. The summed E-state index contributed by atoms with van der Waals surface area (Å²) >= 11 is 0. The number of nitrogens with zero attached hydrogens (tertiary/aromatic N) is 3. The van der Waals surface area contributed by atoms with Crippen LogP contribution in [0.2, 0.25) is 0 Å². The third-order valence-corrected chi connectivity index (χ3v) is 2.74. The number of hydrogen-bond donors (Lipinski definition) is 2. The molecule has 0 atom stereocenters. The number of aromatic nitrogens is 3. The van der Waals surface area contributed by atoms with Crippen molar-refractivity contribution in [1.82, 2.24) is 14.8 Å². The van der Waals surface area contributed by atoms with Gasteiger partial charge in [-0.15, -0.1) is 0 Å². The fourth-order valence-corrected chi connectivity index (χ4v) is 1.77. The number of anilines is 3. The van der Waals surface area contributed by atoms with E-state index in [1.54, 1.807) is 24.9 Å². The predicted octanol–water partition coefficient (Wildman–Crippen LogP) is 2.97. The van der Waals surface area contributed by atoms with Crippen molar-refractivity contribution < 1.29 is 8.78 Å². The topological polar surface area (TPSA) is 54.8 Å². The second-order valence-electron chi connectivity index (χ2n) is 4.50. The van der Waals surface area contributed by atoms with Gasteiger partial charge in [0, 0.05) is 25.9 Å². The van der Waals surface area contributed by atoms with Crippen LogP contribution in [-0.4, -0.2) is 21.3 Å². The zero-order chi connectivity index (χ0) is 14.7. The molecule has 0 spiro atoms. The third kappa shape index (κ3) is 3.04. The highest BCUT2D eigenvalue weighted by atomic mass is 19.1. The van der Waals surface area contributed by atoms with Gasteiger partial charge in [0.2, 0.25) is 0 Å². The lowest BCUT2D eigenvalue weighted by atomic mass is 10.3. The molecule has 0 amide bonds. The Kier molecular flexibility index (Phi) is 4.16. The van der Waals surface area contributed by atoms with Gasteiger partial charge in [0.05, 0.1) is 11.4 Å². The molecule has 108 valence electrons. The van der Waals surface area contributed by atoms with Crippen LogP contribution in [-0.2, 0) is 7.05 Å². The van der Waals surface area contributed by atoms with Crippen molar-refractivity contribution in [3.63, 3.8) is 0 Å². The molecular weight excluding hydrogens is 264 g/mol. The minimum absolute atomic E-state index is 0.0268. The van der Waals surface area contributed by atoms with E-state index in [1.165, 1.54) is 0 Å². The Labute approximate surface area is 116 Å². The Bertz CT molecular complexity index is 609. The zero-order valence-corrected chi connectivity index (χ0v) is 11.7. The second-order valence-corrected chi connectivity index (χ2v) is 4.50. The lowest BCUT2D eigenvalue weighted by Gasteiger charge is -2.10. The van der Waals surface area contributed by atoms with Crippen LogP contribution in [0.5, 0.6) is 0 Å². The molecule has 0 aliphatic heterocycles. The lowest BCUT2D eigenvalue weighted by Crippen LogP contribution is -2.07. The van der Waals surface area contributed by atoms with Gasteiger partial charge in [-0.2, -0.15) is 5.10 Å². The third-order valence-electron chi connectivity index (χ3n) is 2.74. The standard InChI is InChI=1S/C13H17F2N5/c1-4-5-16-12-9(14)6-10(15)13(18-12)17-11-7-20(3)19-8(11)2/h6-7H,4-5H2,1-3H3,(H2,16,17,18). The van der Waals surface area contributed by atoms with Crippen molar-refractivity contribution in [3.8, 4) is 0 Å². The van der Waals surface area contributed by atoms with E-state index in [0.29, 0.717) is 17.9 Å². The van der Waals surface area contributed by atoms with Crippen LogP contribution < -0.4 is 10.6 Å². The Morgan fingerprint density at radius 1 is 1.25 bits per heavy atom. The summed E-state index contributed by atoms with van der Waals surface area (Å²) in [6, 6.07) is 0.818. The molecule has 20 heavy (non-hydrogen) atoms. The van der Waals surface area contributed by atoms with E-state index in [9.17, 15) is 8.78 Å². The van der Waals surface area contributed by atoms with Crippen molar-refractivity contribution in [1.29, 1.82) is 0 Å². The van der Waals surface area contributed by atoms with Crippen molar-refractivity contribution in [2.24, 2.45) is 7.05 Å². The summed E-state index contributed by atoms with van der Waals surface area (Å²) in [4.78, 5) is 3.95. The van der Waals surface area contributed by atoms with Gasteiger partial charge < -0.3 is 10.6 Å². The van der Waals surface area contributed by atoms with Crippen LogP contribution in [0.4, 0.5) is 26.1 Å². The number of aryl methyl sites for hydroxylation is 2. The van der Waals surface area contributed by atoms with Crippen LogP contribution in [0.25, 0.3) is 0 Å². The fraction of sp³-hybridized carbons (Fsp3) is 0.385. The maximum Gasteiger partial charge on any atom is 0.169 e. The second kappa shape index (κ2) is 5.85. The first-order valence-electron chi connectivity index (χ1n) is 6.38. The van der Waals surface area contributed by atoms with Gasteiger partial charge in [0.1, 0.15) is 0 Å². The molecule has 0 aliphatic rings. The SMILES string of the molecule is CCCNc1nc(Nc2cn(C)nc2C)c(F)cc1F. The van der Waals surface area contributed by atoms with Crippen LogP contribution in [0.3, 0.4) is 0 Å². The Morgan fingerprint density at radius 2 is 1.95 bits per heavy atom. The first kappa shape index (κ1) is 14.2. The van der Waals surface area contributed by atoms with Crippen LogP contribution in [0.15, 0.2) is 12.3 Å². The number of halogens is 2. The fourth-order valence-electron chi connectivity index (χ4n) is 1.77. The van der Waals surface area contributed by atoms with Gasteiger partial charge in [0.25, 0.3) is 0 Å². The summed E-state index contributed by atoms with van der Waals surface area (Å²) in [5.74, 6) is -1.43. The molecule has 0 radical (unpaired) electrons. The highest BCUT2D eigenvalue weighted by Gasteiger charge is 2.13. The lowest BCUT2D eigenvalue weighted by molar-refractivity contribution is 0.579. The van der Waals surface area contributed by atoms with Crippen LogP contribution in [0.1, 0.15) is 19.0 Å². The number of nitrogens with one attached hydrogen (secondary N) is 2. The van der Waals surface area contributed by atoms with Gasteiger partial charge >= 0.3 is 0 Å². The van der Waals surface area contributed by atoms with E-state index < -0.39 is 11.6 Å². The quantitative estimate of drug-likeness (QED) is 0.884. The van der Waals surface area contributed by atoms with Crippen LogP contribution in [0, 0.1) is 18.6 Å². The molecule has 2 heterocycles. The molecule has 2 aromatic heterocycles. The van der Waals surface area contributed by atoms with E-state index in [0.717, 1.165) is 12.5 Å². The molecule has 2 rings (SSSR count). The number of rotatable bonds is 5. The van der Waals surface area contributed by atoms with E-state index in [-0.39, 0.29) is 11.6 Å². The maximum absolute atomic E-state index is 13.8.